The molecular weight excluding hydrogens is 346 g/mol. The van der Waals surface area contributed by atoms with Crippen LogP contribution in [0.3, 0.4) is 0 Å². The van der Waals surface area contributed by atoms with Gasteiger partial charge in [-0.1, -0.05) is 29.5 Å². The van der Waals surface area contributed by atoms with Crippen molar-refractivity contribution >= 4 is 32.6 Å². The van der Waals surface area contributed by atoms with Crippen LogP contribution >= 0.6 is 11.3 Å². The van der Waals surface area contributed by atoms with Crippen LogP contribution in [0.1, 0.15) is 11.1 Å². The van der Waals surface area contributed by atoms with E-state index in [1.807, 2.05) is 24.3 Å². The molecule has 1 N–H and O–H groups in total. The van der Waals surface area contributed by atoms with Crippen molar-refractivity contribution in [1.29, 1.82) is 0 Å². The number of ether oxygens (including phenoxy) is 1. The molecule has 3 aromatic rings. The van der Waals surface area contributed by atoms with Gasteiger partial charge in [0.1, 0.15) is 5.75 Å². The van der Waals surface area contributed by atoms with Gasteiger partial charge in [0.05, 0.1) is 23.2 Å². The second-order valence-electron chi connectivity index (χ2n) is 6.64. The summed E-state index contributed by atoms with van der Waals surface area (Å²) in [4.78, 5) is 19.2. The third kappa shape index (κ3) is 3.37. The Balaban J connectivity index is 1.31. The standard InChI is InChI=1S/C20H21N3O2S/c1-13-3-8-17-18(9-13)26-20(22-17)23-11-15(12-23)19(24)21-10-14-4-6-16(25-2)7-5-14/h3-9,15H,10-12H2,1-2H3,(H,21,24). The van der Waals surface area contributed by atoms with Gasteiger partial charge in [-0.05, 0) is 42.3 Å². The molecule has 0 aliphatic carbocycles. The third-order valence-electron chi connectivity index (χ3n) is 4.68. The van der Waals surface area contributed by atoms with E-state index in [1.54, 1.807) is 18.4 Å². The Kier molecular flexibility index (Phi) is 4.51. The Labute approximate surface area is 156 Å². The average Bonchev–Trinajstić information content (AvgIpc) is 3.01. The highest BCUT2D eigenvalue weighted by atomic mass is 32.1. The molecular formula is C20H21N3O2S. The molecule has 0 saturated carbocycles. The molecule has 1 fully saturated rings. The van der Waals surface area contributed by atoms with Crippen LogP contribution in [0.4, 0.5) is 5.13 Å². The van der Waals surface area contributed by atoms with Crippen molar-refractivity contribution in [2.45, 2.75) is 13.5 Å². The number of methoxy groups -OCH3 is 1. The summed E-state index contributed by atoms with van der Waals surface area (Å²) in [5.74, 6) is 0.955. The number of fused-ring (bicyclic) bond motifs is 1. The average molecular weight is 367 g/mol. The summed E-state index contributed by atoms with van der Waals surface area (Å²) >= 11 is 1.69. The van der Waals surface area contributed by atoms with Gasteiger partial charge in [0.25, 0.3) is 0 Å². The van der Waals surface area contributed by atoms with Gasteiger partial charge >= 0.3 is 0 Å². The van der Waals surface area contributed by atoms with Crippen LogP contribution in [0.15, 0.2) is 42.5 Å². The van der Waals surface area contributed by atoms with Crippen molar-refractivity contribution in [3.05, 3.63) is 53.6 Å². The van der Waals surface area contributed by atoms with E-state index >= 15 is 0 Å². The van der Waals surface area contributed by atoms with E-state index < -0.39 is 0 Å². The smallest absolute Gasteiger partial charge is 0.226 e. The van der Waals surface area contributed by atoms with E-state index in [9.17, 15) is 4.79 Å². The van der Waals surface area contributed by atoms with E-state index in [0.29, 0.717) is 6.54 Å². The summed E-state index contributed by atoms with van der Waals surface area (Å²) in [6.45, 7) is 4.09. The molecule has 0 bridgehead atoms. The summed E-state index contributed by atoms with van der Waals surface area (Å²) in [7, 11) is 1.64. The highest BCUT2D eigenvalue weighted by molar-refractivity contribution is 7.22. The summed E-state index contributed by atoms with van der Waals surface area (Å²) < 4.78 is 6.35. The molecule has 2 heterocycles. The van der Waals surface area contributed by atoms with Crippen LogP contribution in [0.2, 0.25) is 0 Å². The molecule has 1 amide bonds. The fraction of sp³-hybridized carbons (Fsp3) is 0.300. The Morgan fingerprint density at radius 2 is 2.04 bits per heavy atom. The highest BCUT2D eigenvalue weighted by Crippen LogP contribution is 2.33. The first-order valence-electron chi connectivity index (χ1n) is 8.65. The minimum Gasteiger partial charge on any atom is -0.497 e. The van der Waals surface area contributed by atoms with Gasteiger partial charge < -0.3 is 15.0 Å². The molecule has 0 unspecified atom stereocenters. The predicted octanol–water partition coefficient (Wildman–Crippen LogP) is 3.37. The second-order valence-corrected chi connectivity index (χ2v) is 7.64. The number of anilines is 1. The molecule has 6 heteroatoms. The molecule has 0 atom stereocenters. The van der Waals surface area contributed by atoms with Crippen LogP contribution in [-0.2, 0) is 11.3 Å². The molecule has 1 saturated heterocycles. The Morgan fingerprint density at radius 3 is 2.77 bits per heavy atom. The zero-order valence-corrected chi connectivity index (χ0v) is 15.7. The first-order chi connectivity index (χ1) is 12.6. The Morgan fingerprint density at radius 1 is 1.27 bits per heavy atom. The fourth-order valence-electron chi connectivity index (χ4n) is 3.03. The van der Waals surface area contributed by atoms with Crippen LogP contribution < -0.4 is 15.0 Å². The Bertz CT molecular complexity index is 930. The van der Waals surface area contributed by atoms with Gasteiger partial charge in [-0.15, -0.1) is 0 Å². The number of nitrogens with one attached hydrogen (secondary N) is 1. The van der Waals surface area contributed by atoms with Crippen molar-refractivity contribution in [2.75, 3.05) is 25.1 Å². The minimum atomic E-state index is 0.0296. The summed E-state index contributed by atoms with van der Waals surface area (Å²) in [6.07, 6.45) is 0. The zero-order valence-electron chi connectivity index (χ0n) is 14.9. The summed E-state index contributed by atoms with van der Waals surface area (Å²) in [5, 5.41) is 4.03. The van der Waals surface area contributed by atoms with Crippen LogP contribution in [0, 0.1) is 12.8 Å². The number of aromatic nitrogens is 1. The molecule has 2 aromatic carbocycles. The van der Waals surface area contributed by atoms with Crippen LogP contribution in [-0.4, -0.2) is 31.1 Å². The lowest BCUT2D eigenvalue weighted by Crippen LogP contribution is -2.53. The molecule has 1 aliphatic heterocycles. The number of amides is 1. The molecule has 5 nitrogen and oxygen atoms in total. The van der Waals surface area contributed by atoms with Crippen molar-refractivity contribution in [1.82, 2.24) is 10.3 Å². The number of hydrogen-bond donors (Lipinski definition) is 1. The van der Waals surface area contributed by atoms with Crippen molar-refractivity contribution in [2.24, 2.45) is 5.92 Å². The number of benzene rings is 2. The van der Waals surface area contributed by atoms with Gasteiger partial charge in [-0.3, -0.25) is 4.79 Å². The zero-order chi connectivity index (χ0) is 18.1. The number of carbonyl (C=O) groups is 1. The molecule has 26 heavy (non-hydrogen) atoms. The lowest BCUT2D eigenvalue weighted by atomic mass is 10.00. The largest absolute Gasteiger partial charge is 0.497 e. The van der Waals surface area contributed by atoms with Gasteiger partial charge in [0.2, 0.25) is 5.91 Å². The van der Waals surface area contributed by atoms with E-state index in [0.717, 1.165) is 35.1 Å². The van der Waals surface area contributed by atoms with Crippen LogP contribution in [0.5, 0.6) is 5.75 Å². The van der Waals surface area contributed by atoms with Gasteiger partial charge in [-0.2, -0.15) is 0 Å². The van der Waals surface area contributed by atoms with E-state index in [4.69, 9.17) is 4.74 Å². The summed E-state index contributed by atoms with van der Waals surface area (Å²) in [5.41, 5.74) is 3.34. The highest BCUT2D eigenvalue weighted by Gasteiger charge is 2.34. The van der Waals surface area contributed by atoms with Gasteiger partial charge in [-0.25, -0.2) is 4.98 Å². The molecule has 4 rings (SSSR count). The normalized spacial score (nSPS) is 14.3. The second kappa shape index (κ2) is 6.96. The molecule has 1 aromatic heterocycles. The van der Waals surface area contributed by atoms with Crippen molar-refractivity contribution in [3.8, 4) is 5.75 Å². The molecule has 0 radical (unpaired) electrons. The van der Waals surface area contributed by atoms with Gasteiger partial charge in [0, 0.05) is 19.6 Å². The fourth-order valence-corrected chi connectivity index (χ4v) is 4.11. The molecule has 0 spiro atoms. The van der Waals surface area contributed by atoms with Crippen molar-refractivity contribution < 1.29 is 9.53 Å². The minimum absolute atomic E-state index is 0.0296. The molecule has 134 valence electrons. The first kappa shape index (κ1) is 16.8. The monoisotopic (exact) mass is 367 g/mol. The SMILES string of the molecule is COc1ccc(CNC(=O)C2CN(c3nc4ccc(C)cc4s3)C2)cc1. The maximum atomic E-state index is 12.3. The maximum Gasteiger partial charge on any atom is 0.226 e. The topological polar surface area (TPSA) is 54.5 Å². The van der Waals surface area contributed by atoms with E-state index in [1.165, 1.54) is 10.3 Å². The number of nitrogens with zero attached hydrogens (tertiary/aromatic N) is 2. The molecule has 1 aliphatic rings. The number of carbonyl (C=O) groups excluding carboxylic acids is 1. The predicted molar refractivity (Wildman–Crippen MR) is 105 cm³/mol. The van der Waals surface area contributed by atoms with Gasteiger partial charge in [0.15, 0.2) is 5.13 Å². The van der Waals surface area contributed by atoms with E-state index in [-0.39, 0.29) is 11.8 Å². The lowest BCUT2D eigenvalue weighted by molar-refractivity contribution is -0.125. The van der Waals surface area contributed by atoms with Crippen molar-refractivity contribution in [3.63, 3.8) is 0 Å². The van der Waals surface area contributed by atoms with Crippen LogP contribution in [0.25, 0.3) is 10.2 Å². The first-order valence-corrected chi connectivity index (χ1v) is 9.47. The van der Waals surface area contributed by atoms with E-state index in [2.05, 4.69) is 40.3 Å². The number of rotatable bonds is 5. The quantitative estimate of drug-likeness (QED) is 0.751. The maximum absolute atomic E-state index is 12.3. The summed E-state index contributed by atoms with van der Waals surface area (Å²) in [6, 6.07) is 14.0. The Hall–Kier alpha value is -2.60. The number of aryl methyl sites for hydroxylation is 1. The number of hydrogen-bond acceptors (Lipinski definition) is 5. The third-order valence-corrected chi connectivity index (χ3v) is 5.76. The lowest BCUT2D eigenvalue weighted by Gasteiger charge is -2.37. The number of thiazole rings is 1.